The van der Waals surface area contributed by atoms with E-state index in [0.29, 0.717) is 35.6 Å². The van der Waals surface area contributed by atoms with Crippen molar-refractivity contribution in [2.75, 3.05) is 31.6 Å². The summed E-state index contributed by atoms with van der Waals surface area (Å²) >= 11 is 7.70. The van der Waals surface area contributed by atoms with E-state index in [0.717, 1.165) is 28.7 Å². The van der Waals surface area contributed by atoms with Gasteiger partial charge in [-0.25, -0.2) is 4.98 Å². The summed E-state index contributed by atoms with van der Waals surface area (Å²) in [6.07, 6.45) is 1.71. The average Bonchev–Trinajstić information content (AvgIpc) is 3.43. The molecule has 2 aromatic carbocycles. The van der Waals surface area contributed by atoms with Crippen molar-refractivity contribution in [2.45, 2.75) is 25.4 Å². The summed E-state index contributed by atoms with van der Waals surface area (Å²) in [7, 11) is 1.59. The number of halogens is 1. The number of nitrogens with zero attached hydrogens (tertiary/aromatic N) is 3. The number of fused-ring (bicyclic) bond motifs is 1. The molecule has 2 fully saturated rings. The first-order chi connectivity index (χ1) is 16.0. The SMILES string of the molecule is COc1cccc(N2CC(C(=O)N3CCC(Oc4nc5c(Cl)cccc5s4)CC3)CC2=O)c1. The third-order valence-electron chi connectivity index (χ3n) is 6.21. The molecule has 2 saturated heterocycles. The molecule has 0 aliphatic carbocycles. The lowest BCUT2D eigenvalue weighted by molar-refractivity contribution is -0.137. The summed E-state index contributed by atoms with van der Waals surface area (Å²) in [6.45, 7) is 1.62. The molecular weight excluding hydrogens is 462 g/mol. The van der Waals surface area contributed by atoms with Crippen LogP contribution in [0.25, 0.3) is 10.2 Å². The maximum Gasteiger partial charge on any atom is 0.274 e. The van der Waals surface area contributed by atoms with Gasteiger partial charge in [0.1, 0.15) is 17.4 Å². The molecule has 0 radical (unpaired) electrons. The van der Waals surface area contributed by atoms with E-state index in [9.17, 15) is 9.59 Å². The van der Waals surface area contributed by atoms with Crippen molar-refractivity contribution in [3.8, 4) is 10.9 Å². The molecular formula is C24H24ClN3O4S. The highest BCUT2D eigenvalue weighted by atomic mass is 35.5. The minimum Gasteiger partial charge on any atom is -0.497 e. The predicted octanol–water partition coefficient (Wildman–Crippen LogP) is 4.38. The van der Waals surface area contributed by atoms with Crippen LogP contribution in [0.4, 0.5) is 5.69 Å². The Hall–Kier alpha value is -2.84. The zero-order chi connectivity index (χ0) is 22.9. The highest BCUT2D eigenvalue weighted by molar-refractivity contribution is 7.20. The molecule has 7 nitrogen and oxygen atoms in total. The van der Waals surface area contributed by atoms with Crippen LogP contribution in [-0.4, -0.2) is 54.5 Å². The summed E-state index contributed by atoms with van der Waals surface area (Å²) < 4.78 is 12.4. The minimum atomic E-state index is -0.326. The van der Waals surface area contributed by atoms with Gasteiger partial charge in [-0.1, -0.05) is 35.1 Å². The van der Waals surface area contributed by atoms with E-state index in [1.807, 2.05) is 47.4 Å². The molecule has 0 saturated carbocycles. The molecule has 0 N–H and O–H groups in total. The second kappa shape index (κ2) is 9.19. The third-order valence-corrected chi connectivity index (χ3v) is 7.43. The lowest BCUT2D eigenvalue weighted by Crippen LogP contribution is -2.44. The number of thiazole rings is 1. The Morgan fingerprint density at radius 3 is 2.73 bits per heavy atom. The van der Waals surface area contributed by atoms with Gasteiger partial charge in [-0.3, -0.25) is 9.59 Å². The van der Waals surface area contributed by atoms with Gasteiger partial charge in [0, 0.05) is 50.7 Å². The molecule has 1 atom stereocenters. The first kappa shape index (κ1) is 22.0. The first-order valence-corrected chi connectivity index (χ1v) is 12.2. The van der Waals surface area contributed by atoms with E-state index in [-0.39, 0.29) is 30.3 Å². The molecule has 3 aromatic rings. The maximum atomic E-state index is 13.1. The summed E-state index contributed by atoms with van der Waals surface area (Å²) in [5, 5.41) is 1.23. The molecule has 0 bridgehead atoms. The monoisotopic (exact) mass is 485 g/mol. The van der Waals surface area contributed by atoms with Crippen LogP contribution in [0.5, 0.6) is 10.9 Å². The van der Waals surface area contributed by atoms with E-state index in [1.165, 1.54) is 11.3 Å². The number of carbonyl (C=O) groups is 2. The van der Waals surface area contributed by atoms with Crippen LogP contribution in [0.1, 0.15) is 19.3 Å². The first-order valence-electron chi connectivity index (χ1n) is 11.0. The maximum absolute atomic E-state index is 13.1. The number of piperidine rings is 1. The number of rotatable bonds is 5. The van der Waals surface area contributed by atoms with E-state index < -0.39 is 0 Å². The normalized spacial score (nSPS) is 19.3. The lowest BCUT2D eigenvalue weighted by atomic mass is 10.0. The summed E-state index contributed by atoms with van der Waals surface area (Å²) in [5.41, 5.74) is 1.52. The number of para-hydroxylation sites is 1. The van der Waals surface area contributed by atoms with Gasteiger partial charge in [-0.15, -0.1) is 0 Å². The number of carbonyl (C=O) groups excluding carboxylic acids is 2. The fourth-order valence-corrected chi connectivity index (χ4v) is 5.62. The molecule has 2 aliphatic heterocycles. The van der Waals surface area contributed by atoms with Gasteiger partial charge in [0.25, 0.3) is 5.19 Å². The molecule has 5 rings (SSSR count). The van der Waals surface area contributed by atoms with Crippen LogP contribution in [0.2, 0.25) is 5.02 Å². The smallest absolute Gasteiger partial charge is 0.274 e. The second-order valence-corrected chi connectivity index (χ2v) is 9.72. The van der Waals surface area contributed by atoms with Crippen molar-refractivity contribution in [1.29, 1.82) is 0 Å². The van der Waals surface area contributed by atoms with Crippen LogP contribution in [-0.2, 0) is 9.59 Å². The lowest BCUT2D eigenvalue weighted by Gasteiger charge is -2.33. The number of hydrogen-bond acceptors (Lipinski definition) is 6. The van der Waals surface area contributed by atoms with Gasteiger partial charge in [-0.05, 0) is 24.3 Å². The molecule has 33 heavy (non-hydrogen) atoms. The number of benzene rings is 2. The number of ether oxygens (including phenoxy) is 2. The van der Waals surface area contributed by atoms with Gasteiger partial charge in [-0.2, -0.15) is 0 Å². The Labute approximate surface area is 200 Å². The molecule has 1 unspecified atom stereocenters. The Morgan fingerprint density at radius 1 is 1.18 bits per heavy atom. The topological polar surface area (TPSA) is 72.0 Å². The molecule has 1 aromatic heterocycles. The molecule has 2 aliphatic rings. The average molecular weight is 486 g/mol. The fourth-order valence-electron chi connectivity index (χ4n) is 4.44. The van der Waals surface area contributed by atoms with Crippen molar-refractivity contribution in [2.24, 2.45) is 5.92 Å². The number of amides is 2. The third kappa shape index (κ3) is 4.50. The van der Waals surface area contributed by atoms with Crippen molar-refractivity contribution in [3.05, 3.63) is 47.5 Å². The van der Waals surface area contributed by atoms with Gasteiger partial charge in [0.2, 0.25) is 11.8 Å². The summed E-state index contributed by atoms with van der Waals surface area (Å²) in [6, 6.07) is 13.1. The molecule has 172 valence electrons. The Kier molecular flexibility index (Phi) is 6.12. The number of methoxy groups -OCH3 is 1. The number of anilines is 1. The van der Waals surface area contributed by atoms with E-state index in [4.69, 9.17) is 21.1 Å². The van der Waals surface area contributed by atoms with Gasteiger partial charge in [0.05, 0.1) is 22.8 Å². The van der Waals surface area contributed by atoms with Crippen molar-refractivity contribution in [1.82, 2.24) is 9.88 Å². The highest BCUT2D eigenvalue weighted by Crippen LogP contribution is 2.34. The van der Waals surface area contributed by atoms with Crippen LogP contribution < -0.4 is 14.4 Å². The van der Waals surface area contributed by atoms with Crippen LogP contribution >= 0.6 is 22.9 Å². The molecule has 0 spiro atoms. The Balaban J connectivity index is 1.17. The summed E-state index contributed by atoms with van der Waals surface area (Å²) in [4.78, 5) is 33.8. The fraction of sp³-hybridized carbons (Fsp3) is 0.375. The summed E-state index contributed by atoms with van der Waals surface area (Å²) in [5.74, 6) is 0.369. The van der Waals surface area contributed by atoms with Crippen molar-refractivity contribution < 1.29 is 19.1 Å². The number of likely N-dealkylation sites (tertiary alicyclic amines) is 1. The second-order valence-electron chi connectivity index (χ2n) is 8.32. The van der Waals surface area contributed by atoms with Gasteiger partial charge >= 0.3 is 0 Å². The number of aromatic nitrogens is 1. The zero-order valence-corrected chi connectivity index (χ0v) is 19.8. The quantitative estimate of drug-likeness (QED) is 0.536. The molecule has 9 heteroatoms. The Bertz CT molecular complexity index is 1190. The van der Waals surface area contributed by atoms with Gasteiger partial charge < -0.3 is 19.3 Å². The van der Waals surface area contributed by atoms with Crippen molar-refractivity contribution >= 4 is 50.7 Å². The highest BCUT2D eigenvalue weighted by Gasteiger charge is 2.38. The van der Waals surface area contributed by atoms with Crippen LogP contribution in [0.3, 0.4) is 0 Å². The zero-order valence-electron chi connectivity index (χ0n) is 18.2. The van der Waals surface area contributed by atoms with E-state index in [1.54, 1.807) is 12.0 Å². The molecule has 2 amide bonds. The van der Waals surface area contributed by atoms with E-state index >= 15 is 0 Å². The predicted molar refractivity (Wildman–Crippen MR) is 128 cm³/mol. The number of hydrogen-bond donors (Lipinski definition) is 0. The largest absolute Gasteiger partial charge is 0.497 e. The van der Waals surface area contributed by atoms with E-state index in [2.05, 4.69) is 4.98 Å². The molecule has 3 heterocycles. The standard InChI is InChI=1S/C24H24ClN3O4S/c1-31-18-5-2-4-16(13-18)28-14-15(12-21(28)29)23(30)27-10-8-17(9-11-27)32-24-26-22-19(25)6-3-7-20(22)33-24/h2-7,13,15,17H,8-12,14H2,1H3. The van der Waals surface area contributed by atoms with Crippen molar-refractivity contribution in [3.63, 3.8) is 0 Å². The van der Waals surface area contributed by atoms with Crippen LogP contribution in [0, 0.1) is 5.92 Å². The van der Waals surface area contributed by atoms with Gasteiger partial charge in [0.15, 0.2) is 0 Å². The Morgan fingerprint density at radius 2 is 1.97 bits per heavy atom. The van der Waals surface area contributed by atoms with Crippen LogP contribution in [0.15, 0.2) is 42.5 Å². The minimum absolute atomic E-state index is 0.00637.